The van der Waals surface area contributed by atoms with Crippen molar-refractivity contribution in [2.24, 2.45) is 0 Å². The Balaban J connectivity index is 0.935. The number of aromatic nitrogens is 2. The smallest absolute Gasteiger partial charge is 0.0979 e. The summed E-state index contributed by atoms with van der Waals surface area (Å²) in [5, 5.41) is 7.21. The average molecular weight is 808 g/mol. The second-order valence-corrected chi connectivity index (χ2v) is 16.8. The molecule has 0 radical (unpaired) electrons. The first-order valence-electron chi connectivity index (χ1n) is 21.0. The Bertz CT molecular complexity index is 3600. The molecule has 0 N–H and O–H groups in total. The van der Waals surface area contributed by atoms with Crippen molar-refractivity contribution in [3.8, 4) is 44.8 Å². The van der Waals surface area contributed by atoms with Crippen LogP contribution in [0.25, 0.3) is 97.5 Å². The lowest BCUT2D eigenvalue weighted by molar-refractivity contribution is 1.29. The van der Waals surface area contributed by atoms with Gasteiger partial charge in [-0.25, -0.2) is 9.97 Å². The SMILES string of the molecule is c1ccc(-c2nc3ccc4ccc5cc(-c6ccc(N(c7ccccc7)c7ccc8c(c7)sc7cccc(-c9ccccc9)c78)cc6)ccc5c4c3nc2-c2ccccc2)cc1. The highest BCUT2D eigenvalue weighted by molar-refractivity contribution is 7.26. The van der Waals surface area contributed by atoms with Gasteiger partial charge in [-0.3, -0.25) is 0 Å². The van der Waals surface area contributed by atoms with Crippen LogP contribution in [0.2, 0.25) is 0 Å². The molecule has 0 unspecified atom stereocenters. The summed E-state index contributed by atoms with van der Waals surface area (Å²) in [6.45, 7) is 0. The van der Waals surface area contributed by atoms with Crippen molar-refractivity contribution >= 4 is 81.1 Å². The van der Waals surface area contributed by atoms with Gasteiger partial charge in [-0.1, -0.05) is 170 Å². The average Bonchev–Trinajstić information content (AvgIpc) is 3.73. The number of fused-ring (bicyclic) bond motifs is 8. The molecule has 0 spiro atoms. The predicted molar refractivity (Wildman–Crippen MR) is 264 cm³/mol. The zero-order valence-corrected chi connectivity index (χ0v) is 34.4. The van der Waals surface area contributed by atoms with E-state index >= 15 is 0 Å². The van der Waals surface area contributed by atoms with Gasteiger partial charge in [0.25, 0.3) is 0 Å². The van der Waals surface area contributed by atoms with Gasteiger partial charge in [0, 0.05) is 53.7 Å². The minimum absolute atomic E-state index is 0.884. The Morgan fingerprint density at radius 1 is 0.339 bits per heavy atom. The number of benzene rings is 10. The molecule has 290 valence electrons. The second-order valence-electron chi connectivity index (χ2n) is 15.7. The summed E-state index contributed by atoms with van der Waals surface area (Å²) in [5.41, 5.74) is 13.9. The third-order valence-corrected chi connectivity index (χ3v) is 13.1. The molecule has 0 atom stereocenters. The molecule has 0 bridgehead atoms. The van der Waals surface area contributed by atoms with Gasteiger partial charge in [-0.2, -0.15) is 0 Å². The fourth-order valence-corrected chi connectivity index (χ4v) is 10.2. The van der Waals surface area contributed by atoms with Crippen molar-refractivity contribution in [1.29, 1.82) is 0 Å². The molecule has 0 aliphatic carbocycles. The minimum Gasteiger partial charge on any atom is -0.310 e. The molecule has 3 nitrogen and oxygen atoms in total. The lowest BCUT2D eigenvalue weighted by Crippen LogP contribution is -2.09. The van der Waals surface area contributed by atoms with Gasteiger partial charge in [-0.15, -0.1) is 11.3 Å². The highest BCUT2D eigenvalue weighted by atomic mass is 32.1. The highest BCUT2D eigenvalue weighted by Crippen LogP contribution is 2.44. The number of nitrogens with zero attached hydrogens (tertiary/aromatic N) is 3. The van der Waals surface area contributed by atoms with E-state index in [1.54, 1.807) is 0 Å². The lowest BCUT2D eigenvalue weighted by atomic mass is 9.96. The van der Waals surface area contributed by atoms with Crippen molar-refractivity contribution in [3.63, 3.8) is 0 Å². The monoisotopic (exact) mass is 807 g/mol. The van der Waals surface area contributed by atoms with Crippen LogP contribution in [0.5, 0.6) is 0 Å². The summed E-state index contributed by atoms with van der Waals surface area (Å²) in [6, 6.07) is 80.3. The molecule has 2 aromatic heterocycles. The van der Waals surface area contributed by atoms with E-state index in [1.807, 2.05) is 23.5 Å². The highest BCUT2D eigenvalue weighted by Gasteiger charge is 2.19. The molecular weight excluding hydrogens is 771 g/mol. The van der Waals surface area contributed by atoms with Crippen molar-refractivity contribution in [2.75, 3.05) is 4.90 Å². The lowest BCUT2D eigenvalue weighted by Gasteiger charge is -2.25. The fraction of sp³-hybridized carbons (Fsp3) is 0. The first-order chi connectivity index (χ1) is 30.7. The Morgan fingerprint density at radius 2 is 0.919 bits per heavy atom. The molecule has 0 saturated heterocycles. The molecule has 0 saturated carbocycles. The summed E-state index contributed by atoms with van der Waals surface area (Å²) >= 11 is 1.86. The summed E-state index contributed by atoms with van der Waals surface area (Å²) in [4.78, 5) is 13.1. The van der Waals surface area contributed by atoms with Gasteiger partial charge in [0.2, 0.25) is 0 Å². The van der Waals surface area contributed by atoms with E-state index in [2.05, 4.69) is 217 Å². The fourth-order valence-electron chi connectivity index (χ4n) is 9.08. The first-order valence-corrected chi connectivity index (χ1v) is 21.8. The molecule has 0 aliphatic rings. The molecule has 0 fully saturated rings. The van der Waals surface area contributed by atoms with E-state index in [0.717, 1.165) is 72.3 Å². The second kappa shape index (κ2) is 15.0. The van der Waals surface area contributed by atoms with Gasteiger partial charge in [-0.05, 0) is 93.0 Å². The number of para-hydroxylation sites is 1. The number of hydrogen-bond acceptors (Lipinski definition) is 4. The summed E-state index contributed by atoms with van der Waals surface area (Å²) in [7, 11) is 0. The summed E-state index contributed by atoms with van der Waals surface area (Å²) < 4.78 is 2.57. The van der Waals surface area contributed by atoms with Crippen LogP contribution in [0, 0.1) is 0 Å². The van der Waals surface area contributed by atoms with E-state index in [9.17, 15) is 0 Å². The largest absolute Gasteiger partial charge is 0.310 e. The van der Waals surface area contributed by atoms with Crippen LogP contribution in [0.3, 0.4) is 0 Å². The predicted octanol–water partition coefficient (Wildman–Crippen LogP) is 16.4. The first kappa shape index (κ1) is 36.0. The molecular formula is C58H37N3S. The van der Waals surface area contributed by atoms with Gasteiger partial charge >= 0.3 is 0 Å². The van der Waals surface area contributed by atoms with Crippen LogP contribution in [-0.2, 0) is 0 Å². The maximum atomic E-state index is 5.43. The van der Waals surface area contributed by atoms with Crippen LogP contribution in [0.1, 0.15) is 0 Å². The maximum absolute atomic E-state index is 5.43. The topological polar surface area (TPSA) is 29.0 Å². The van der Waals surface area contributed by atoms with E-state index in [0.29, 0.717) is 0 Å². The summed E-state index contributed by atoms with van der Waals surface area (Å²) in [6.07, 6.45) is 0. The Hall–Kier alpha value is -7.92. The third-order valence-electron chi connectivity index (χ3n) is 12.0. The van der Waals surface area contributed by atoms with Crippen molar-refractivity contribution in [1.82, 2.24) is 9.97 Å². The number of thiophene rings is 1. The summed E-state index contributed by atoms with van der Waals surface area (Å²) in [5.74, 6) is 0. The van der Waals surface area contributed by atoms with E-state index < -0.39 is 0 Å². The number of rotatable bonds is 7. The zero-order valence-electron chi connectivity index (χ0n) is 33.6. The Morgan fingerprint density at radius 3 is 1.65 bits per heavy atom. The number of anilines is 3. The van der Waals surface area contributed by atoms with Gasteiger partial charge in [0.15, 0.2) is 0 Å². The third kappa shape index (κ3) is 6.20. The molecule has 0 amide bonds. The molecule has 12 rings (SSSR count). The van der Waals surface area contributed by atoms with E-state index in [4.69, 9.17) is 9.97 Å². The standard InChI is InChI=1S/C58H37N3S/c1-5-14-39(15-6-1)48-22-13-23-52-55(48)50-34-32-47(37-53(50)62-52)61(45-20-11-4-12-21-45)46-30-26-38(27-31-46)43-28-33-49-44(36-43)25-24-40-29-35-51-58(54(40)49)60-57(42-18-9-3-10-19-42)56(59-51)41-16-7-2-8-17-41/h1-37H. The van der Waals surface area contributed by atoms with Crippen LogP contribution in [-0.4, -0.2) is 9.97 Å². The van der Waals surface area contributed by atoms with Crippen LogP contribution in [0.15, 0.2) is 224 Å². The van der Waals surface area contributed by atoms with E-state index in [1.165, 1.54) is 42.2 Å². The van der Waals surface area contributed by atoms with Gasteiger partial charge in [0.1, 0.15) is 0 Å². The van der Waals surface area contributed by atoms with Crippen molar-refractivity contribution in [2.45, 2.75) is 0 Å². The molecule has 4 heteroatoms. The maximum Gasteiger partial charge on any atom is 0.0979 e. The molecule has 12 aromatic rings. The Kier molecular flexibility index (Phi) is 8.68. The normalized spacial score (nSPS) is 11.5. The van der Waals surface area contributed by atoms with Gasteiger partial charge in [0.05, 0.1) is 22.4 Å². The molecule has 62 heavy (non-hydrogen) atoms. The van der Waals surface area contributed by atoms with E-state index in [-0.39, 0.29) is 0 Å². The van der Waals surface area contributed by atoms with Gasteiger partial charge < -0.3 is 4.90 Å². The zero-order chi connectivity index (χ0) is 41.0. The van der Waals surface area contributed by atoms with Crippen molar-refractivity contribution < 1.29 is 0 Å². The number of hydrogen-bond donors (Lipinski definition) is 0. The van der Waals surface area contributed by atoms with Crippen molar-refractivity contribution in [3.05, 3.63) is 224 Å². The Labute approximate surface area is 363 Å². The van der Waals surface area contributed by atoms with Crippen LogP contribution < -0.4 is 4.90 Å². The van der Waals surface area contributed by atoms with Crippen LogP contribution in [0.4, 0.5) is 17.1 Å². The quantitative estimate of drug-likeness (QED) is 0.150. The molecule has 2 heterocycles. The van der Waals surface area contributed by atoms with Crippen LogP contribution >= 0.6 is 11.3 Å². The molecule has 0 aliphatic heterocycles. The minimum atomic E-state index is 0.884. The molecule has 10 aromatic carbocycles.